The smallest absolute Gasteiger partial charge is 0.304 e. The quantitative estimate of drug-likeness (QED) is 0.756. The molecule has 3 heteroatoms. The van der Waals surface area contributed by atoms with Crippen LogP contribution in [-0.4, -0.2) is 16.1 Å². The third kappa shape index (κ3) is 2.68. The van der Waals surface area contributed by atoms with Gasteiger partial charge in [0.15, 0.2) is 0 Å². The number of hydrogen-bond acceptors (Lipinski definition) is 1. The van der Waals surface area contributed by atoms with Gasteiger partial charge in [0, 0.05) is 23.0 Å². The summed E-state index contributed by atoms with van der Waals surface area (Å²) in [7, 11) is 0. The van der Waals surface area contributed by atoms with Gasteiger partial charge in [-0.05, 0) is 24.1 Å². The van der Waals surface area contributed by atoms with Gasteiger partial charge < -0.3 is 10.1 Å². The first kappa shape index (κ1) is 13.4. The number of hydrogen-bond donors (Lipinski definition) is 2. The Kier molecular flexibility index (Phi) is 3.48. The Labute approximate surface area is 123 Å². The van der Waals surface area contributed by atoms with Crippen molar-refractivity contribution in [3.05, 3.63) is 71.4 Å². The highest BCUT2D eigenvalue weighted by molar-refractivity contribution is 5.85. The SMILES string of the molecule is Cc1ccc([C@H](CC(=O)O)c2c[nH]c3ccccc23)cc1. The molecule has 0 unspecified atom stereocenters. The fourth-order valence-electron chi connectivity index (χ4n) is 2.76. The molecule has 1 atom stereocenters. The van der Waals surface area contributed by atoms with E-state index in [0.717, 1.165) is 22.0 Å². The molecule has 3 aromatic rings. The van der Waals surface area contributed by atoms with Crippen molar-refractivity contribution < 1.29 is 9.90 Å². The van der Waals surface area contributed by atoms with Crippen LogP contribution in [0.5, 0.6) is 0 Å². The summed E-state index contributed by atoms with van der Waals surface area (Å²) < 4.78 is 0. The Balaban J connectivity index is 2.11. The van der Waals surface area contributed by atoms with Crippen molar-refractivity contribution in [1.82, 2.24) is 4.98 Å². The van der Waals surface area contributed by atoms with Crippen molar-refractivity contribution in [1.29, 1.82) is 0 Å². The molecule has 0 saturated heterocycles. The maximum Gasteiger partial charge on any atom is 0.304 e. The van der Waals surface area contributed by atoms with E-state index in [4.69, 9.17) is 0 Å². The Morgan fingerprint density at radius 1 is 1.14 bits per heavy atom. The molecule has 0 aliphatic heterocycles. The number of benzene rings is 2. The number of rotatable bonds is 4. The highest BCUT2D eigenvalue weighted by atomic mass is 16.4. The standard InChI is InChI=1S/C18H17NO2/c1-12-6-8-13(9-7-12)15(10-18(20)21)16-11-19-17-5-3-2-4-14(16)17/h2-9,11,15,19H,10H2,1H3,(H,20,21)/t15-/m0/s1. The van der Waals surface area contributed by atoms with E-state index < -0.39 is 5.97 Å². The highest BCUT2D eigenvalue weighted by Gasteiger charge is 2.20. The number of nitrogens with one attached hydrogen (secondary N) is 1. The summed E-state index contributed by atoms with van der Waals surface area (Å²) in [5.74, 6) is -0.926. The topological polar surface area (TPSA) is 53.1 Å². The zero-order chi connectivity index (χ0) is 14.8. The molecule has 0 amide bonds. The molecular weight excluding hydrogens is 262 g/mol. The second kappa shape index (κ2) is 5.44. The van der Waals surface area contributed by atoms with Crippen LogP contribution in [0.4, 0.5) is 0 Å². The Hall–Kier alpha value is -2.55. The van der Waals surface area contributed by atoms with E-state index in [0.29, 0.717) is 0 Å². The Morgan fingerprint density at radius 3 is 2.57 bits per heavy atom. The minimum atomic E-state index is -0.786. The number of carboxylic acids is 1. The summed E-state index contributed by atoms with van der Waals surface area (Å²) in [4.78, 5) is 14.5. The average Bonchev–Trinajstić information content (AvgIpc) is 2.89. The number of aromatic nitrogens is 1. The molecule has 0 aliphatic carbocycles. The molecule has 0 radical (unpaired) electrons. The minimum Gasteiger partial charge on any atom is -0.481 e. The van der Waals surface area contributed by atoms with E-state index in [1.54, 1.807) is 0 Å². The van der Waals surface area contributed by atoms with Crippen LogP contribution in [0.1, 0.15) is 29.0 Å². The first-order valence-corrected chi connectivity index (χ1v) is 6.99. The van der Waals surface area contributed by atoms with E-state index in [2.05, 4.69) is 4.98 Å². The summed E-state index contributed by atoms with van der Waals surface area (Å²) in [6.07, 6.45) is 2.02. The molecule has 0 saturated carbocycles. The van der Waals surface area contributed by atoms with Gasteiger partial charge in [-0.3, -0.25) is 4.79 Å². The third-order valence-electron chi connectivity index (χ3n) is 3.86. The molecule has 106 valence electrons. The van der Waals surface area contributed by atoms with Gasteiger partial charge in [-0.25, -0.2) is 0 Å². The van der Waals surface area contributed by atoms with Gasteiger partial charge >= 0.3 is 5.97 Å². The molecular formula is C18H17NO2. The van der Waals surface area contributed by atoms with E-state index in [1.807, 2.05) is 61.7 Å². The molecule has 0 spiro atoms. The number of H-pyrrole nitrogens is 1. The Bertz CT molecular complexity index is 771. The normalized spacial score (nSPS) is 12.4. The van der Waals surface area contributed by atoms with Crippen LogP contribution in [0, 0.1) is 6.92 Å². The van der Waals surface area contributed by atoms with Gasteiger partial charge in [-0.1, -0.05) is 48.0 Å². The van der Waals surface area contributed by atoms with E-state index >= 15 is 0 Å². The van der Waals surface area contributed by atoms with Crippen molar-refractivity contribution in [2.24, 2.45) is 0 Å². The molecule has 0 aliphatic rings. The first-order chi connectivity index (χ1) is 10.1. The molecule has 2 N–H and O–H groups in total. The monoisotopic (exact) mass is 279 g/mol. The molecule has 21 heavy (non-hydrogen) atoms. The molecule has 1 aromatic heterocycles. The van der Waals surface area contributed by atoms with Crippen LogP contribution in [0.3, 0.4) is 0 Å². The number of aryl methyl sites for hydroxylation is 1. The second-order valence-corrected chi connectivity index (χ2v) is 5.35. The molecule has 0 fully saturated rings. The predicted molar refractivity (Wildman–Crippen MR) is 83.6 cm³/mol. The lowest BCUT2D eigenvalue weighted by Crippen LogP contribution is -2.07. The average molecular weight is 279 g/mol. The van der Waals surface area contributed by atoms with Crippen LogP contribution in [0.2, 0.25) is 0 Å². The van der Waals surface area contributed by atoms with Gasteiger partial charge in [0.25, 0.3) is 0 Å². The van der Waals surface area contributed by atoms with Crippen molar-refractivity contribution in [2.45, 2.75) is 19.3 Å². The Morgan fingerprint density at radius 2 is 1.86 bits per heavy atom. The maximum absolute atomic E-state index is 11.3. The van der Waals surface area contributed by atoms with Gasteiger partial charge in [-0.15, -0.1) is 0 Å². The fraction of sp³-hybridized carbons (Fsp3) is 0.167. The fourth-order valence-corrected chi connectivity index (χ4v) is 2.76. The minimum absolute atomic E-state index is 0.0882. The highest BCUT2D eigenvalue weighted by Crippen LogP contribution is 2.33. The van der Waals surface area contributed by atoms with Crippen molar-refractivity contribution >= 4 is 16.9 Å². The molecule has 3 nitrogen and oxygen atoms in total. The van der Waals surface area contributed by atoms with Crippen LogP contribution >= 0.6 is 0 Å². The lowest BCUT2D eigenvalue weighted by atomic mass is 9.88. The van der Waals surface area contributed by atoms with Gasteiger partial charge in [0.2, 0.25) is 0 Å². The van der Waals surface area contributed by atoms with E-state index in [1.165, 1.54) is 5.56 Å². The summed E-state index contributed by atoms with van der Waals surface area (Å²) in [6, 6.07) is 16.1. The third-order valence-corrected chi connectivity index (χ3v) is 3.86. The lowest BCUT2D eigenvalue weighted by Gasteiger charge is -2.15. The number of carboxylic acid groups (broad SMARTS) is 1. The van der Waals surface area contributed by atoms with Gasteiger partial charge in [0.1, 0.15) is 0 Å². The van der Waals surface area contributed by atoms with Crippen LogP contribution in [0.15, 0.2) is 54.7 Å². The largest absolute Gasteiger partial charge is 0.481 e. The zero-order valence-electron chi connectivity index (χ0n) is 11.8. The molecule has 1 heterocycles. The number of aliphatic carboxylic acids is 1. The van der Waals surface area contributed by atoms with E-state index in [-0.39, 0.29) is 12.3 Å². The summed E-state index contributed by atoms with van der Waals surface area (Å²) in [5.41, 5.74) is 4.28. The number of carbonyl (C=O) groups is 1. The van der Waals surface area contributed by atoms with Crippen LogP contribution in [-0.2, 0) is 4.79 Å². The van der Waals surface area contributed by atoms with E-state index in [9.17, 15) is 9.90 Å². The summed E-state index contributed by atoms with van der Waals surface area (Å²) in [5, 5.41) is 10.3. The number of aromatic amines is 1. The van der Waals surface area contributed by atoms with Crippen LogP contribution < -0.4 is 0 Å². The second-order valence-electron chi connectivity index (χ2n) is 5.35. The number of fused-ring (bicyclic) bond motifs is 1. The predicted octanol–water partition coefficient (Wildman–Crippen LogP) is 4.08. The first-order valence-electron chi connectivity index (χ1n) is 6.99. The van der Waals surface area contributed by atoms with Gasteiger partial charge in [-0.2, -0.15) is 0 Å². The lowest BCUT2D eigenvalue weighted by molar-refractivity contribution is -0.137. The summed E-state index contributed by atoms with van der Waals surface area (Å²) >= 11 is 0. The molecule has 3 rings (SSSR count). The zero-order valence-corrected chi connectivity index (χ0v) is 11.8. The van der Waals surface area contributed by atoms with Gasteiger partial charge in [0.05, 0.1) is 6.42 Å². The summed E-state index contributed by atoms with van der Waals surface area (Å²) in [6.45, 7) is 2.03. The molecule has 0 bridgehead atoms. The van der Waals surface area contributed by atoms with Crippen molar-refractivity contribution in [2.75, 3.05) is 0 Å². The van der Waals surface area contributed by atoms with Crippen LogP contribution in [0.25, 0.3) is 10.9 Å². The van der Waals surface area contributed by atoms with Crippen molar-refractivity contribution in [3.63, 3.8) is 0 Å². The maximum atomic E-state index is 11.3. The number of para-hydroxylation sites is 1. The van der Waals surface area contributed by atoms with Crippen molar-refractivity contribution in [3.8, 4) is 0 Å². The molecule has 2 aromatic carbocycles.